The molecule has 0 bridgehead atoms. The topological polar surface area (TPSA) is 75.5 Å². The maximum Gasteiger partial charge on any atom is 0.260 e. The van der Waals surface area contributed by atoms with Gasteiger partial charge in [0.1, 0.15) is 5.65 Å². The van der Waals surface area contributed by atoms with E-state index in [9.17, 15) is 8.42 Å². The third-order valence-corrected chi connectivity index (χ3v) is 5.93. The molecule has 1 fully saturated rings. The van der Waals surface area contributed by atoms with Crippen LogP contribution >= 0.6 is 11.8 Å². The Hall–Kier alpha value is -1.25. The summed E-state index contributed by atoms with van der Waals surface area (Å²) < 4.78 is 29.6. The van der Waals surface area contributed by atoms with Gasteiger partial charge in [-0.2, -0.15) is 11.8 Å². The van der Waals surface area contributed by atoms with Crippen molar-refractivity contribution in [2.45, 2.75) is 17.5 Å². The number of pyridine rings is 1. The minimum absolute atomic E-state index is 0.00367. The molecule has 1 aliphatic rings. The summed E-state index contributed by atoms with van der Waals surface area (Å²) in [5.41, 5.74) is 0.609. The molecule has 0 radical (unpaired) electrons. The van der Waals surface area contributed by atoms with Crippen LogP contribution in [-0.4, -0.2) is 42.4 Å². The summed E-state index contributed by atoms with van der Waals surface area (Å²) in [7, 11) is -1.92. The van der Waals surface area contributed by atoms with E-state index in [2.05, 4.69) is 15.0 Å². The highest BCUT2D eigenvalue weighted by molar-refractivity contribution is 7.99. The first-order valence-electron chi connectivity index (χ1n) is 6.37. The van der Waals surface area contributed by atoms with E-state index in [0.717, 1.165) is 17.9 Å². The van der Waals surface area contributed by atoms with Gasteiger partial charge in [-0.25, -0.2) is 18.1 Å². The van der Waals surface area contributed by atoms with Crippen LogP contribution in [0, 0.1) is 0 Å². The molecule has 0 saturated carbocycles. The van der Waals surface area contributed by atoms with Gasteiger partial charge in [-0.05, 0) is 24.3 Å². The lowest BCUT2D eigenvalue weighted by Crippen LogP contribution is -2.35. The number of fused-ring (bicyclic) bond motifs is 1. The van der Waals surface area contributed by atoms with Crippen LogP contribution in [0.15, 0.2) is 29.4 Å². The molecule has 3 heterocycles. The van der Waals surface area contributed by atoms with Crippen molar-refractivity contribution in [3.63, 3.8) is 0 Å². The van der Waals surface area contributed by atoms with Gasteiger partial charge in [0.15, 0.2) is 10.8 Å². The standard InChI is InChI=1S/C12H16N4O2S2/c1-13-11-12(16-6-3-2-4-10(16)14-11)20(17,18)15-9-5-7-19-8-9/h2-4,6,9,13,15H,5,7-8H2,1H3. The van der Waals surface area contributed by atoms with Gasteiger partial charge in [-0.15, -0.1) is 0 Å². The third kappa shape index (κ3) is 2.38. The van der Waals surface area contributed by atoms with Gasteiger partial charge in [0, 0.05) is 25.0 Å². The fourth-order valence-electron chi connectivity index (χ4n) is 2.30. The summed E-state index contributed by atoms with van der Waals surface area (Å²) in [5, 5.41) is 3.03. The van der Waals surface area contributed by atoms with Crippen LogP contribution in [0.5, 0.6) is 0 Å². The fourth-order valence-corrected chi connectivity index (χ4v) is 5.12. The van der Waals surface area contributed by atoms with E-state index in [0.29, 0.717) is 11.5 Å². The maximum absolute atomic E-state index is 12.6. The Morgan fingerprint density at radius 3 is 3.00 bits per heavy atom. The van der Waals surface area contributed by atoms with Crippen molar-refractivity contribution < 1.29 is 8.42 Å². The molecular formula is C12H16N4O2S2. The summed E-state index contributed by atoms with van der Waals surface area (Å²) >= 11 is 1.77. The number of sulfonamides is 1. The summed E-state index contributed by atoms with van der Waals surface area (Å²) in [6, 6.07) is 5.41. The van der Waals surface area contributed by atoms with E-state index in [4.69, 9.17) is 0 Å². The van der Waals surface area contributed by atoms with E-state index in [1.54, 1.807) is 41.5 Å². The predicted octanol–water partition coefficient (Wildman–Crippen LogP) is 1.16. The monoisotopic (exact) mass is 312 g/mol. The van der Waals surface area contributed by atoms with Gasteiger partial charge < -0.3 is 5.32 Å². The zero-order valence-electron chi connectivity index (χ0n) is 11.0. The largest absolute Gasteiger partial charge is 0.371 e. The highest BCUT2D eigenvalue weighted by atomic mass is 32.2. The second kappa shape index (κ2) is 5.27. The Bertz CT molecular complexity index is 720. The van der Waals surface area contributed by atoms with Crippen molar-refractivity contribution in [1.29, 1.82) is 0 Å². The first kappa shape index (κ1) is 13.7. The molecule has 0 amide bonds. The lowest BCUT2D eigenvalue weighted by atomic mass is 10.3. The quantitative estimate of drug-likeness (QED) is 0.886. The number of aromatic nitrogens is 2. The van der Waals surface area contributed by atoms with E-state index < -0.39 is 10.0 Å². The van der Waals surface area contributed by atoms with Gasteiger partial charge in [-0.1, -0.05) is 6.07 Å². The number of hydrogen-bond donors (Lipinski definition) is 2. The van der Waals surface area contributed by atoms with Gasteiger partial charge in [0.25, 0.3) is 10.0 Å². The molecule has 8 heteroatoms. The molecule has 0 aliphatic carbocycles. The lowest BCUT2D eigenvalue weighted by molar-refractivity contribution is 0.559. The fraction of sp³-hybridized carbons (Fsp3) is 0.417. The Morgan fingerprint density at radius 1 is 1.45 bits per heavy atom. The first-order valence-corrected chi connectivity index (χ1v) is 9.00. The number of imidazole rings is 1. The second-order valence-corrected chi connectivity index (χ2v) is 7.41. The van der Waals surface area contributed by atoms with Gasteiger partial charge in [-0.3, -0.25) is 4.40 Å². The number of nitrogens with zero attached hydrogens (tertiary/aromatic N) is 2. The molecule has 6 nitrogen and oxygen atoms in total. The van der Waals surface area contributed by atoms with Gasteiger partial charge >= 0.3 is 0 Å². The van der Waals surface area contributed by atoms with Crippen LogP contribution in [-0.2, 0) is 10.0 Å². The average Bonchev–Trinajstić information content (AvgIpc) is 3.04. The van der Waals surface area contributed by atoms with Crippen LogP contribution < -0.4 is 10.0 Å². The Morgan fingerprint density at radius 2 is 2.30 bits per heavy atom. The van der Waals surface area contributed by atoms with E-state index in [1.165, 1.54) is 0 Å². The highest BCUT2D eigenvalue weighted by Gasteiger charge is 2.28. The number of thioether (sulfide) groups is 1. The number of rotatable bonds is 4. The zero-order valence-corrected chi connectivity index (χ0v) is 12.7. The average molecular weight is 312 g/mol. The van der Waals surface area contributed by atoms with Gasteiger partial charge in [0.2, 0.25) is 0 Å². The molecule has 2 N–H and O–H groups in total. The molecule has 3 rings (SSSR count). The number of nitrogens with one attached hydrogen (secondary N) is 2. The Labute approximate surface area is 122 Å². The van der Waals surface area contributed by atoms with Crippen molar-refractivity contribution in [2.24, 2.45) is 0 Å². The zero-order chi connectivity index (χ0) is 14.2. The van der Waals surface area contributed by atoms with Crippen LogP contribution in [0.4, 0.5) is 5.82 Å². The molecule has 20 heavy (non-hydrogen) atoms. The van der Waals surface area contributed by atoms with Crippen LogP contribution in [0.3, 0.4) is 0 Å². The summed E-state index contributed by atoms with van der Waals surface area (Å²) in [4.78, 5) is 4.30. The summed E-state index contributed by atoms with van der Waals surface area (Å²) in [6.45, 7) is 0. The minimum Gasteiger partial charge on any atom is -0.371 e. The number of hydrogen-bond acceptors (Lipinski definition) is 5. The molecular weight excluding hydrogens is 296 g/mol. The van der Waals surface area contributed by atoms with Crippen molar-refractivity contribution in [3.05, 3.63) is 24.4 Å². The molecule has 1 saturated heterocycles. The van der Waals surface area contributed by atoms with Crippen molar-refractivity contribution in [3.8, 4) is 0 Å². The Balaban J connectivity index is 2.07. The van der Waals surface area contributed by atoms with E-state index in [1.807, 2.05) is 6.07 Å². The van der Waals surface area contributed by atoms with E-state index in [-0.39, 0.29) is 11.1 Å². The van der Waals surface area contributed by atoms with Crippen molar-refractivity contribution >= 4 is 33.3 Å². The molecule has 108 valence electrons. The normalized spacial score (nSPS) is 19.6. The van der Waals surface area contributed by atoms with Crippen molar-refractivity contribution in [1.82, 2.24) is 14.1 Å². The smallest absolute Gasteiger partial charge is 0.260 e. The second-order valence-electron chi connectivity index (χ2n) is 4.63. The Kier molecular flexibility index (Phi) is 3.61. The van der Waals surface area contributed by atoms with E-state index >= 15 is 0 Å². The van der Waals surface area contributed by atoms with Gasteiger partial charge in [0.05, 0.1) is 0 Å². The number of anilines is 1. The molecule has 0 aromatic carbocycles. The van der Waals surface area contributed by atoms with Crippen LogP contribution in [0.2, 0.25) is 0 Å². The SMILES string of the molecule is CNc1nc2ccccn2c1S(=O)(=O)NC1CCSC1. The van der Waals surface area contributed by atoms with Crippen molar-refractivity contribution in [2.75, 3.05) is 23.9 Å². The minimum atomic E-state index is -3.60. The molecule has 1 unspecified atom stereocenters. The molecule has 2 aromatic heterocycles. The van der Waals surface area contributed by atoms with Crippen LogP contribution in [0.1, 0.15) is 6.42 Å². The predicted molar refractivity (Wildman–Crippen MR) is 80.8 cm³/mol. The summed E-state index contributed by atoms with van der Waals surface area (Å²) in [5.74, 6) is 2.19. The third-order valence-electron chi connectivity index (χ3n) is 3.23. The highest BCUT2D eigenvalue weighted by Crippen LogP contribution is 2.24. The van der Waals surface area contributed by atoms with Crippen LogP contribution in [0.25, 0.3) is 5.65 Å². The molecule has 1 aliphatic heterocycles. The maximum atomic E-state index is 12.6. The molecule has 1 atom stereocenters. The first-order chi connectivity index (χ1) is 9.62. The molecule has 0 spiro atoms. The lowest BCUT2D eigenvalue weighted by Gasteiger charge is -2.12. The summed E-state index contributed by atoms with van der Waals surface area (Å²) in [6.07, 6.45) is 2.58. The molecule has 2 aromatic rings.